The topological polar surface area (TPSA) is 55.4 Å². The molecule has 0 unspecified atom stereocenters. The van der Waals surface area contributed by atoms with E-state index in [1.165, 1.54) is 25.2 Å². The number of nitrogens with one attached hydrogen (secondary N) is 1. The first-order chi connectivity index (χ1) is 12.6. The van der Waals surface area contributed by atoms with Crippen LogP contribution in [0.4, 0.5) is 0 Å². The lowest BCUT2D eigenvalue weighted by molar-refractivity contribution is -0.116. The van der Waals surface area contributed by atoms with Gasteiger partial charge in [-0.25, -0.2) is 4.79 Å². The number of esters is 1. The smallest absolute Gasteiger partial charge is 0.337 e. The molecule has 1 fully saturated rings. The summed E-state index contributed by atoms with van der Waals surface area (Å²) in [7, 11) is 1.35. The average Bonchev–Trinajstić information content (AvgIpc) is 2.66. The number of ether oxygens (including phenoxy) is 1. The third kappa shape index (κ3) is 4.02. The molecule has 1 amide bonds. The van der Waals surface area contributed by atoms with Crippen LogP contribution in [-0.2, 0) is 14.9 Å². The lowest BCUT2D eigenvalue weighted by atomic mass is 9.64. The van der Waals surface area contributed by atoms with Crippen LogP contribution < -0.4 is 5.32 Å². The van der Waals surface area contributed by atoms with Crippen LogP contribution in [0.15, 0.2) is 60.7 Å². The first-order valence-corrected chi connectivity index (χ1v) is 8.83. The third-order valence-electron chi connectivity index (χ3n) is 5.06. The number of carbonyl (C=O) groups is 2. The van der Waals surface area contributed by atoms with Gasteiger partial charge in [0.25, 0.3) is 0 Å². The molecule has 0 radical (unpaired) electrons. The quantitative estimate of drug-likeness (QED) is 0.639. The molecule has 1 aliphatic carbocycles. The Morgan fingerprint density at radius 2 is 1.77 bits per heavy atom. The van der Waals surface area contributed by atoms with Gasteiger partial charge in [-0.15, -0.1) is 0 Å². The van der Waals surface area contributed by atoms with Crippen molar-refractivity contribution in [1.82, 2.24) is 5.32 Å². The molecule has 4 nitrogen and oxygen atoms in total. The van der Waals surface area contributed by atoms with Crippen LogP contribution in [0.5, 0.6) is 0 Å². The summed E-state index contributed by atoms with van der Waals surface area (Å²) in [5.41, 5.74) is 2.72. The summed E-state index contributed by atoms with van der Waals surface area (Å²) in [6.45, 7) is 0.654. The standard InChI is InChI=1S/C22H23NO3/c1-26-21(25)18-11-8-17(9-12-18)10-13-20(24)23-16-22(14-5-15-22)19-6-3-2-4-7-19/h2-4,6-13H,5,14-16H2,1H3,(H,23,24)/b13-10+. The molecule has 0 saturated heterocycles. The number of hydrogen-bond acceptors (Lipinski definition) is 3. The van der Waals surface area contributed by atoms with Crippen LogP contribution in [0, 0.1) is 0 Å². The average molecular weight is 349 g/mol. The van der Waals surface area contributed by atoms with Crippen LogP contribution in [0.1, 0.15) is 40.7 Å². The number of rotatable bonds is 6. The van der Waals surface area contributed by atoms with Crippen LogP contribution in [-0.4, -0.2) is 25.5 Å². The van der Waals surface area contributed by atoms with Crippen molar-refractivity contribution in [1.29, 1.82) is 0 Å². The number of amides is 1. The minimum absolute atomic E-state index is 0.0763. The number of methoxy groups -OCH3 is 1. The maximum atomic E-state index is 12.2. The van der Waals surface area contributed by atoms with E-state index in [1.807, 2.05) is 6.07 Å². The molecule has 1 N–H and O–H groups in total. The Balaban J connectivity index is 1.57. The summed E-state index contributed by atoms with van der Waals surface area (Å²) in [5, 5.41) is 3.03. The van der Waals surface area contributed by atoms with Crippen molar-refractivity contribution in [2.24, 2.45) is 0 Å². The second-order valence-electron chi connectivity index (χ2n) is 6.66. The van der Waals surface area contributed by atoms with Crippen molar-refractivity contribution in [3.8, 4) is 0 Å². The molecule has 0 atom stereocenters. The van der Waals surface area contributed by atoms with Gasteiger partial charge in [0.05, 0.1) is 12.7 Å². The molecule has 0 spiro atoms. The van der Waals surface area contributed by atoms with Gasteiger partial charge in [0.15, 0.2) is 0 Å². The highest BCUT2D eigenvalue weighted by atomic mass is 16.5. The molecular formula is C22H23NO3. The molecule has 2 aromatic carbocycles. The van der Waals surface area contributed by atoms with E-state index in [9.17, 15) is 9.59 Å². The van der Waals surface area contributed by atoms with E-state index in [-0.39, 0.29) is 17.3 Å². The Hall–Kier alpha value is -2.88. The zero-order valence-electron chi connectivity index (χ0n) is 14.9. The van der Waals surface area contributed by atoms with Crippen molar-refractivity contribution < 1.29 is 14.3 Å². The fraction of sp³-hybridized carbons (Fsp3) is 0.273. The molecule has 4 heteroatoms. The molecule has 1 aliphatic rings. The molecule has 0 aliphatic heterocycles. The highest BCUT2D eigenvalue weighted by Crippen LogP contribution is 2.43. The maximum Gasteiger partial charge on any atom is 0.337 e. The summed E-state index contributed by atoms with van der Waals surface area (Å²) in [6.07, 6.45) is 6.69. The number of hydrogen-bond donors (Lipinski definition) is 1. The van der Waals surface area contributed by atoms with E-state index in [4.69, 9.17) is 0 Å². The second-order valence-corrected chi connectivity index (χ2v) is 6.66. The summed E-state index contributed by atoms with van der Waals surface area (Å²) >= 11 is 0. The molecule has 26 heavy (non-hydrogen) atoms. The number of carbonyl (C=O) groups excluding carboxylic acids is 2. The third-order valence-corrected chi connectivity index (χ3v) is 5.06. The highest BCUT2D eigenvalue weighted by Gasteiger charge is 2.38. The minimum Gasteiger partial charge on any atom is -0.465 e. The molecule has 0 aromatic heterocycles. The van der Waals surface area contributed by atoms with Gasteiger partial charge in [0, 0.05) is 18.0 Å². The first-order valence-electron chi connectivity index (χ1n) is 8.83. The first kappa shape index (κ1) is 17.9. The Kier molecular flexibility index (Phi) is 5.52. The SMILES string of the molecule is COC(=O)c1ccc(/C=C/C(=O)NCC2(c3ccccc3)CCC2)cc1. The summed E-state index contributed by atoms with van der Waals surface area (Å²) in [4.78, 5) is 23.6. The molecule has 2 aromatic rings. The van der Waals surface area contributed by atoms with Crippen molar-refractivity contribution in [2.45, 2.75) is 24.7 Å². The van der Waals surface area contributed by atoms with Crippen molar-refractivity contribution in [3.63, 3.8) is 0 Å². The van der Waals surface area contributed by atoms with Crippen LogP contribution in [0.3, 0.4) is 0 Å². The van der Waals surface area contributed by atoms with Gasteiger partial charge in [-0.1, -0.05) is 48.9 Å². The van der Waals surface area contributed by atoms with Gasteiger partial charge < -0.3 is 10.1 Å². The van der Waals surface area contributed by atoms with Crippen LogP contribution in [0.25, 0.3) is 6.08 Å². The fourth-order valence-corrected chi connectivity index (χ4v) is 3.30. The lowest BCUT2D eigenvalue weighted by Crippen LogP contribution is -2.45. The normalized spacial score (nSPS) is 15.3. The Morgan fingerprint density at radius 3 is 2.35 bits per heavy atom. The number of benzene rings is 2. The Bertz CT molecular complexity index is 790. The van der Waals surface area contributed by atoms with Gasteiger partial charge in [-0.3, -0.25) is 4.79 Å². The second kappa shape index (κ2) is 8.00. The van der Waals surface area contributed by atoms with E-state index in [0.717, 1.165) is 18.4 Å². The lowest BCUT2D eigenvalue weighted by Gasteiger charge is -2.42. The van der Waals surface area contributed by atoms with Crippen LogP contribution in [0.2, 0.25) is 0 Å². The molecule has 134 valence electrons. The zero-order chi connectivity index (χ0) is 18.4. The van der Waals surface area contributed by atoms with Crippen molar-refractivity contribution in [2.75, 3.05) is 13.7 Å². The molecule has 0 bridgehead atoms. The summed E-state index contributed by atoms with van der Waals surface area (Å²) in [6, 6.07) is 17.3. The van der Waals surface area contributed by atoms with Gasteiger partial charge in [-0.2, -0.15) is 0 Å². The largest absolute Gasteiger partial charge is 0.465 e. The molecule has 0 heterocycles. The van der Waals surface area contributed by atoms with Gasteiger partial charge >= 0.3 is 5.97 Å². The molecular weight excluding hydrogens is 326 g/mol. The van der Waals surface area contributed by atoms with Crippen molar-refractivity contribution in [3.05, 3.63) is 77.4 Å². The predicted molar refractivity (Wildman–Crippen MR) is 102 cm³/mol. The Morgan fingerprint density at radius 1 is 1.08 bits per heavy atom. The minimum atomic E-state index is -0.370. The molecule has 1 saturated carbocycles. The summed E-state index contributed by atoms with van der Waals surface area (Å²) < 4.78 is 4.67. The highest BCUT2D eigenvalue weighted by molar-refractivity contribution is 5.92. The maximum absolute atomic E-state index is 12.2. The van der Waals surface area contributed by atoms with Crippen LogP contribution >= 0.6 is 0 Å². The van der Waals surface area contributed by atoms with E-state index in [0.29, 0.717) is 12.1 Å². The zero-order valence-corrected chi connectivity index (χ0v) is 14.9. The van der Waals surface area contributed by atoms with Gasteiger partial charge in [-0.05, 0) is 42.2 Å². The van der Waals surface area contributed by atoms with E-state index >= 15 is 0 Å². The van der Waals surface area contributed by atoms with E-state index < -0.39 is 0 Å². The molecule has 3 rings (SSSR count). The fourth-order valence-electron chi connectivity index (χ4n) is 3.30. The predicted octanol–water partition coefficient (Wildman–Crippen LogP) is 3.72. The summed E-state index contributed by atoms with van der Waals surface area (Å²) in [5.74, 6) is -0.478. The van der Waals surface area contributed by atoms with Gasteiger partial charge in [0.1, 0.15) is 0 Å². The Labute approximate surface area is 153 Å². The monoisotopic (exact) mass is 349 g/mol. The van der Waals surface area contributed by atoms with E-state index in [1.54, 1.807) is 30.3 Å². The van der Waals surface area contributed by atoms with Crippen molar-refractivity contribution >= 4 is 18.0 Å². The van der Waals surface area contributed by atoms with Gasteiger partial charge in [0.2, 0.25) is 5.91 Å². The van der Waals surface area contributed by atoms with E-state index in [2.05, 4.69) is 34.3 Å².